The maximum absolute atomic E-state index is 12.6. The number of benzene rings is 1. The number of ketones is 1. The Hall–Kier alpha value is -1.72. The van der Waals surface area contributed by atoms with Crippen molar-refractivity contribution in [1.82, 2.24) is 0 Å². The van der Waals surface area contributed by atoms with Crippen LogP contribution >= 0.6 is 0 Å². The molecule has 0 unspecified atom stereocenters. The number of Topliss-reactive ketones (excluding diaryl/α,β-unsaturated/α-hetero) is 1. The summed E-state index contributed by atoms with van der Waals surface area (Å²) in [6.07, 6.45) is 7.91. The summed E-state index contributed by atoms with van der Waals surface area (Å²) < 4.78 is 0. The topological polar surface area (TPSA) is 72.8 Å². The lowest BCUT2D eigenvalue weighted by Gasteiger charge is -2.60. The van der Waals surface area contributed by atoms with Crippen LogP contribution in [0.4, 0.5) is 0 Å². The van der Waals surface area contributed by atoms with Gasteiger partial charge in [-0.05, 0) is 79.7 Å². The Labute approximate surface area is 184 Å². The van der Waals surface area contributed by atoms with Gasteiger partial charge in [0, 0.05) is 24.7 Å². The molecule has 1 aromatic rings. The molecule has 0 radical (unpaired) electrons. The average molecular weight is 427 g/mol. The van der Waals surface area contributed by atoms with E-state index in [4.69, 9.17) is 9.78 Å². The van der Waals surface area contributed by atoms with Crippen molar-refractivity contribution < 1.29 is 24.5 Å². The predicted octanol–water partition coefficient (Wildman–Crippen LogP) is 5.08. The summed E-state index contributed by atoms with van der Waals surface area (Å²) in [6, 6.07) is 8.70. The van der Waals surface area contributed by atoms with Crippen LogP contribution in [0.1, 0.15) is 82.0 Å². The quantitative estimate of drug-likeness (QED) is 0.415. The molecule has 5 rings (SSSR count). The smallest absolute Gasteiger partial charge is 0.362 e. The van der Waals surface area contributed by atoms with Crippen molar-refractivity contribution in [3.63, 3.8) is 0 Å². The van der Waals surface area contributed by atoms with Crippen molar-refractivity contribution in [2.24, 2.45) is 34.5 Å². The van der Waals surface area contributed by atoms with Gasteiger partial charge < -0.3 is 5.11 Å². The number of carbonyl (C=O) groups excluding carboxylic acids is 2. The minimum absolute atomic E-state index is 0.103. The van der Waals surface area contributed by atoms with Crippen molar-refractivity contribution >= 4 is 11.8 Å². The Bertz CT molecular complexity index is 868. The summed E-state index contributed by atoms with van der Waals surface area (Å²) in [5.41, 5.74) is 0.451. The van der Waals surface area contributed by atoms with Crippen LogP contribution in [0.15, 0.2) is 30.3 Å². The normalized spacial score (nSPS) is 44.2. The molecule has 4 aliphatic carbocycles. The Balaban J connectivity index is 1.27. The van der Waals surface area contributed by atoms with Crippen molar-refractivity contribution in [3.05, 3.63) is 35.9 Å². The zero-order chi connectivity index (χ0) is 21.9. The highest BCUT2D eigenvalue weighted by Crippen LogP contribution is 2.66. The third-order valence-corrected chi connectivity index (χ3v) is 9.68. The molecule has 0 saturated heterocycles. The molecule has 31 heavy (non-hydrogen) atoms. The third-order valence-electron chi connectivity index (χ3n) is 9.68. The molecule has 0 amide bonds. The fraction of sp³-hybridized carbons (Fsp3) is 0.692. The number of aliphatic hydroxyl groups is 1. The standard InChI is InChI=1S/C26H34O5/c1-24-14-15-26(29,31-30-23(28)17-6-4-3-5-7-17)16-18(24)8-9-19-20-10-11-22(27)25(20,2)13-12-21(19)24/h3-7,18-21,29H,8-16H2,1-2H3/t18-,19+,20+,21+,24+,25+,26+/m1/s1. The summed E-state index contributed by atoms with van der Waals surface area (Å²) in [6.45, 7) is 4.61. The number of hydrogen-bond donors (Lipinski definition) is 1. The molecule has 0 aromatic heterocycles. The second kappa shape index (κ2) is 7.41. The highest BCUT2D eigenvalue weighted by atomic mass is 17.2. The van der Waals surface area contributed by atoms with Crippen LogP contribution in [0, 0.1) is 34.5 Å². The third kappa shape index (κ3) is 3.36. The monoisotopic (exact) mass is 426 g/mol. The Morgan fingerprint density at radius 2 is 1.77 bits per heavy atom. The van der Waals surface area contributed by atoms with Gasteiger partial charge in [0.05, 0.1) is 5.56 Å². The van der Waals surface area contributed by atoms with Crippen molar-refractivity contribution in [3.8, 4) is 0 Å². The van der Waals surface area contributed by atoms with Gasteiger partial charge >= 0.3 is 5.97 Å². The molecule has 0 aliphatic heterocycles. The lowest BCUT2D eigenvalue weighted by atomic mass is 9.45. The van der Waals surface area contributed by atoms with Gasteiger partial charge in [-0.1, -0.05) is 32.0 Å². The molecule has 4 aliphatic rings. The molecule has 5 nitrogen and oxygen atoms in total. The average Bonchev–Trinajstić information content (AvgIpc) is 3.08. The molecule has 168 valence electrons. The molecule has 0 spiro atoms. The lowest BCUT2D eigenvalue weighted by molar-refractivity contribution is -0.403. The van der Waals surface area contributed by atoms with Crippen LogP contribution in [0.25, 0.3) is 0 Å². The van der Waals surface area contributed by atoms with Crippen molar-refractivity contribution in [2.75, 3.05) is 0 Å². The van der Waals surface area contributed by atoms with Gasteiger partial charge in [-0.15, -0.1) is 4.89 Å². The molecular formula is C26H34O5. The highest BCUT2D eigenvalue weighted by molar-refractivity contribution is 5.88. The van der Waals surface area contributed by atoms with Crippen LogP contribution < -0.4 is 0 Å². The van der Waals surface area contributed by atoms with Crippen LogP contribution in [0.2, 0.25) is 0 Å². The summed E-state index contributed by atoms with van der Waals surface area (Å²) in [5, 5.41) is 11.1. The first-order valence-electron chi connectivity index (χ1n) is 12.0. The van der Waals surface area contributed by atoms with E-state index in [-0.39, 0.29) is 10.8 Å². The van der Waals surface area contributed by atoms with E-state index in [0.717, 1.165) is 44.9 Å². The van der Waals surface area contributed by atoms with Crippen LogP contribution in [0.5, 0.6) is 0 Å². The molecule has 1 aromatic carbocycles. The predicted molar refractivity (Wildman–Crippen MR) is 115 cm³/mol. The number of hydrogen-bond acceptors (Lipinski definition) is 5. The highest BCUT2D eigenvalue weighted by Gasteiger charge is 2.61. The van der Waals surface area contributed by atoms with Crippen LogP contribution in [-0.2, 0) is 14.6 Å². The van der Waals surface area contributed by atoms with Gasteiger partial charge in [0.2, 0.25) is 5.79 Å². The fourth-order valence-electron chi connectivity index (χ4n) is 7.80. The molecule has 0 heterocycles. The van der Waals surface area contributed by atoms with E-state index in [0.29, 0.717) is 47.9 Å². The summed E-state index contributed by atoms with van der Waals surface area (Å²) in [7, 11) is 0. The Morgan fingerprint density at radius 1 is 1.00 bits per heavy atom. The van der Waals surface area contributed by atoms with E-state index < -0.39 is 11.8 Å². The van der Waals surface area contributed by atoms with Gasteiger partial charge in [-0.2, -0.15) is 0 Å². The van der Waals surface area contributed by atoms with E-state index in [1.54, 1.807) is 24.3 Å². The van der Waals surface area contributed by atoms with E-state index in [1.807, 2.05) is 6.07 Å². The fourth-order valence-corrected chi connectivity index (χ4v) is 7.80. The minimum Gasteiger partial charge on any atom is -0.362 e. The van der Waals surface area contributed by atoms with Crippen molar-refractivity contribution in [1.29, 1.82) is 0 Å². The number of carbonyl (C=O) groups is 2. The SMILES string of the molecule is C[C@]12CC[C@](O)(OOC(=O)c3ccccc3)C[C@H]1CC[C@@H]1[C@@H]2CC[C@]2(C)C(=O)CC[C@@H]12. The maximum Gasteiger partial charge on any atom is 0.373 e. The van der Waals surface area contributed by atoms with Gasteiger partial charge in [0.1, 0.15) is 5.78 Å². The molecule has 5 heteroatoms. The molecular weight excluding hydrogens is 392 g/mol. The van der Waals surface area contributed by atoms with E-state index in [1.165, 1.54) is 0 Å². The number of fused-ring (bicyclic) bond motifs is 5. The number of rotatable bonds is 3. The van der Waals surface area contributed by atoms with E-state index in [2.05, 4.69) is 13.8 Å². The van der Waals surface area contributed by atoms with Gasteiger partial charge in [0.25, 0.3) is 0 Å². The maximum atomic E-state index is 12.6. The summed E-state index contributed by atoms with van der Waals surface area (Å²) in [5.74, 6) is 0.567. The first-order chi connectivity index (χ1) is 14.8. The zero-order valence-electron chi connectivity index (χ0n) is 18.6. The van der Waals surface area contributed by atoms with Crippen LogP contribution in [0.3, 0.4) is 0 Å². The second-order valence-electron chi connectivity index (χ2n) is 11.0. The summed E-state index contributed by atoms with van der Waals surface area (Å²) in [4.78, 5) is 35.3. The zero-order valence-corrected chi connectivity index (χ0v) is 18.6. The molecule has 1 N–H and O–H groups in total. The Morgan fingerprint density at radius 3 is 2.55 bits per heavy atom. The van der Waals surface area contributed by atoms with Gasteiger partial charge in [-0.3, -0.25) is 9.68 Å². The van der Waals surface area contributed by atoms with Crippen LogP contribution in [-0.4, -0.2) is 22.6 Å². The molecule has 4 fully saturated rings. The first kappa shape index (κ1) is 21.1. The molecule has 0 bridgehead atoms. The summed E-state index contributed by atoms with van der Waals surface area (Å²) >= 11 is 0. The van der Waals surface area contributed by atoms with Gasteiger partial charge in [-0.25, -0.2) is 4.79 Å². The minimum atomic E-state index is -1.42. The van der Waals surface area contributed by atoms with E-state index in [9.17, 15) is 14.7 Å². The largest absolute Gasteiger partial charge is 0.373 e. The Kier molecular flexibility index (Phi) is 5.06. The van der Waals surface area contributed by atoms with Crippen molar-refractivity contribution in [2.45, 2.75) is 77.4 Å². The van der Waals surface area contributed by atoms with Gasteiger partial charge in [0.15, 0.2) is 0 Å². The lowest BCUT2D eigenvalue weighted by Crippen LogP contribution is -2.56. The molecule has 7 atom stereocenters. The second-order valence-corrected chi connectivity index (χ2v) is 11.0. The van der Waals surface area contributed by atoms with E-state index >= 15 is 0 Å². The molecule has 4 saturated carbocycles. The first-order valence-corrected chi connectivity index (χ1v) is 12.0.